The smallest absolute Gasteiger partial charge is 0.197 e. The molecule has 0 amide bonds. The molecular weight excluding hydrogens is 250 g/mol. The third-order valence-corrected chi connectivity index (χ3v) is 3.25. The molecule has 3 rings (SSSR count). The van der Waals surface area contributed by atoms with Crippen molar-refractivity contribution >= 4 is 16.7 Å². The lowest BCUT2D eigenvalue weighted by atomic mass is 10.1. The van der Waals surface area contributed by atoms with Crippen molar-refractivity contribution in [3.05, 3.63) is 76.1 Å². The van der Waals surface area contributed by atoms with Gasteiger partial charge in [-0.05, 0) is 36.8 Å². The molecule has 100 valence electrons. The van der Waals surface area contributed by atoms with Crippen LogP contribution in [0.15, 0.2) is 64.0 Å². The van der Waals surface area contributed by atoms with Crippen molar-refractivity contribution < 1.29 is 4.42 Å². The van der Waals surface area contributed by atoms with Crippen LogP contribution in [0.3, 0.4) is 0 Å². The molecule has 0 spiro atoms. The summed E-state index contributed by atoms with van der Waals surface area (Å²) in [6.07, 6.45) is 1.54. The highest BCUT2D eigenvalue weighted by Crippen LogP contribution is 2.13. The van der Waals surface area contributed by atoms with Crippen LogP contribution in [0.2, 0.25) is 0 Å². The van der Waals surface area contributed by atoms with Crippen molar-refractivity contribution in [2.75, 3.05) is 5.32 Å². The fourth-order valence-corrected chi connectivity index (χ4v) is 2.19. The number of aryl methyl sites for hydroxylation is 1. The Morgan fingerprint density at radius 1 is 1.10 bits per heavy atom. The van der Waals surface area contributed by atoms with Gasteiger partial charge in [-0.3, -0.25) is 4.79 Å². The van der Waals surface area contributed by atoms with Crippen LogP contribution in [0.4, 0.5) is 5.69 Å². The summed E-state index contributed by atoms with van der Waals surface area (Å²) in [4.78, 5) is 12.3. The maximum absolute atomic E-state index is 12.3. The van der Waals surface area contributed by atoms with Crippen LogP contribution in [-0.2, 0) is 6.54 Å². The molecule has 0 aliphatic heterocycles. The van der Waals surface area contributed by atoms with Gasteiger partial charge in [0.2, 0.25) is 0 Å². The second-order valence-electron chi connectivity index (χ2n) is 4.81. The summed E-state index contributed by atoms with van der Waals surface area (Å²) in [6, 6.07) is 15.3. The van der Waals surface area contributed by atoms with Crippen molar-refractivity contribution in [2.45, 2.75) is 13.5 Å². The van der Waals surface area contributed by atoms with E-state index in [9.17, 15) is 4.79 Å². The second-order valence-corrected chi connectivity index (χ2v) is 4.81. The number of fused-ring (bicyclic) bond motifs is 1. The molecule has 0 atom stereocenters. The highest BCUT2D eigenvalue weighted by atomic mass is 16.3. The zero-order chi connectivity index (χ0) is 13.9. The Kier molecular flexibility index (Phi) is 3.25. The molecule has 1 N–H and O–H groups in total. The van der Waals surface area contributed by atoms with Gasteiger partial charge in [0.15, 0.2) is 5.43 Å². The second kappa shape index (κ2) is 5.21. The fraction of sp³-hybridized carbons (Fsp3) is 0.118. The maximum atomic E-state index is 12.3. The Morgan fingerprint density at radius 3 is 2.80 bits per heavy atom. The van der Waals surface area contributed by atoms with Gasteiger partial charge in [0.1, 0.15) is 5.58 Å². The molecule has 0 radical (unpaired) electrons. The summed E-state index contributed by atoms with van der Waals surface area (Å²) in [5, 5.41) is 3.87. The van der Waals surface area contributed by atoms with Crippen molar-refractivity contribution in [1.82, 2.24) is 0 Å². The Morgan fingerprint density at radius 2 is 1.95 bits per heavy atom. The molecule has 0 fully saturated rings. The van der Waals surface area contributed by atoms with Crippen molar-refractivity contribution in [1.29, 1.82) is 0 Å². The van der Waals surface area contributed by atoms with Gasteiger partial charge in [0.25, 0.3) is 0 Å². The molecule has 3 heteroatoms. The Labute approximate surface area is 116 Å². The molecule has 0 saturated carbocycles. The van der Waals surface area contributed by atoms with E-state index in [1.54, 1.807) is 12.1 Å². The van der Waals surface area contributed by atoms with E-state index >= 15 is 0 Å². The molecule has 0 aliphatic carbocycles. The number of para-hydroxylation sites is 1. The van der Waals surface area contributed by atoms with Gasteiger partial charge in [-0.2, -0.15) is 0 Å². The van der Waals surface area contributed by atoms with Gasteiger partial charge in [0.05, 0.1) is 17.2 Å². The van der Waals surface area contributed by atoms with Crippen LogP contribution in [0, 0.1) is 6.92 Å². The highest BCUT2D eigenvalue weighted by molar-refractivity contribution is 5.76. The quantitative estimate of drug-likeness (QED) is 0.785. The normalized spacial score (nSPS) is 10.7. The van der Waals surface area contributed by atoms with E-state index in [1.807, 2.05) is 43.3 Å². The summed E-state index contributed by atoms with van der Waals surface area (Å²) in [7, 11) is 0. The van der Waals surface area contributed by atoms with E-state index < -0.39 is 0 Å². The van der Waals surface area contributed by atoms with E-state index in [1.165, 1.54) is 11.8 Å². The van der Waals surface area contributed by atoms with E-state index in [4.69, 9.17) is 4.42 Å². The Hall–Kier alpha value is -2.55. The van der Waals surface area contributed by atoms with Crippen molar-refractivity contribution in [3.8, 4) is 0 Å². The monoisotopic (exact) mass is 265 g/mol. The zero-order valence-electron chi connectivity index (χ0n) is 11.2. The molecule has 2 aromatic carbocycles. The van der Waals surface area contributed by atoms with E-state index in [-0.39, 0.29) is 5.43 Å². The first-order valence-corrected chi connectivity index (χ1v) is 6.54. The standard InChI is InChI=1S/C17H15NO2/c1-12-5-4-6-14(9-12)18-10-13-11-20-16-8-3-2-7-15(16)17(13)19/h2-9,11,18H,10H2,1H3. The third-order valence-electron chi connectivity index (χ3n) is 3.25. The average molecular weight is 265 g/mol. The minimum absolute atomic E-state index is 0.0204. The summed E-state index contributed by atoms with van der Waals surface area (Å²) in [5.74, 6) is 0. The first-order chi connectivity index (χ1) is 9.74. The molecular formula is C17H15NO2. The van der Waals surface area contributed by atoms with E-state index in [2.05, 4.69) is 5.32 Å². The lowest BCUT2D eigenvalue weighted by Gasteiger charge is -2.07. The number of benzene rings is 2. The third kappa shape index (κ3) is 2.43. The fourth-order valence-electron chi connectivity index (χ4n) is 2.19. The van der Waals surface area contributed by atoms with Gasteiger partial charge >= 0.3 is 0 Å². The lowest BCUT2D eigenvalue weighted by Crippen LogP contribution is -2.12. The van der Waals surface area contributed by atoms with E-state index in [0.29, 0.717) is 23.1 Å². The summed E-state index contributed by atoms with van der Waals surface area (Å²) >= 11 is 0. The highest BCUT2D eigenvalue weighted by Gasteiger charge is 2.06. The first kappa shape index (κ1) is 12.5. The Bertz CT molecular complexity index is 805. The minimum atomic E-state index is 0.0204. The van der Waals surface area contributed by atoms with Gasteiger partial charge in [0, 0.05) is 12.2 Å². The molecule has 0 unspecified atom stereocenters. The SMILES string of the molecule is Cc1cccc(NCc2coc3ccccc3c2=O)c1. The molecule has 0 bridgehead atoms. The van der Waals surface area contributed by atoms with Crippen LogP contribution < -0.4 is 10.7 Å². The molecule has 1 aromatic heterocycles. The lowest BCUT2D eigenvalue weighted by molar-refractivity contribution is 0.594. The summed E-state index contributed by atoms with van der Waals surface area (Å²) in [6.45, 7) is 2.49. The molecule has 3 nitrogen and oxygen atoms in total. The van der Waals surface area contributed by atoms with Gasteiger partial charge in [-0.15, -0.1) is 0 Å². The molecule has 0 saturated heterocycles. The molecule has 20 heavy (non-hydrogen) atoms. The van der Waals surface area contributed by atoms with Crippen LogP contribution >= 0.6 is 0 Å². The predicted octanol–water partition coefficient (Wildman–Crippen LogP) is 3.71. The van der Waals surface area contributed by atoms with Crippen LogP contribution in [0.25, 0.3) is 11.0 Å². The largest absolute Gasteiger partial charge is 0.464 e. The first-order valence-electron chi connectivity index (χ1n) is 6.54. The topological polar surface area (TPSA) is 42.2 Å². The molecule has 3 aromatic rings. The van der Waals surface area contributed by atoms with Crippen molar-refractivity contribution in [3.63, 3.8) is 0 Å². The summed E-state index contributed by atoms with van der Waals surface area (Å²) in [5.41, 5.74) is 3.45. The predicted molar refractivity (Wildman–Crippen MR) is 81.0 cm³/mol. The van der Waals surface area contributed by atoms with Gasteiger partial charge in [-0.25, -0.2) is 0 Å². The maximum Gasteiger partial charge on any atom is 0.197 e. The van der Waals surface area contributed by atoms with Crippen molar-refractivity contribution in [2.24, 2.45) is 0 Å². The zero-order valence-corrected chi connectivity index (χ0v) is 11.2. The van der Waals surface area contributed by atoms with Gasteiger partial charge < -0.3 is 9.73 Å². The number of nitrogens with one attached hydrogen (secondary N) is 1. The average Bonchev–Trinajstić information content (AvgIpc) is 2.47. The number of hydrogen-bond acceptors (Lipinski definition) is 3. The van der Waals surface area contributed by atoms with Crippen LogP contribution in [-0.4, -0.2) is 0 Å². The number of hydrogen-bond donors (Lipinski definition) is 1. The summed E-state index contributed by atoms with van der Waals surface area (Å²) < 4.78 is 5.50. The number of rotatable bonds is 3. The molecule has 1 heterocycles. The molecule has 0 aliphatic rings. The Balaban J connectivity index is 1.88. The van der Waals surface area contributed by atoms with Gasteiger partial charge in [-0.1, -0.05) is 24.3 Å². The minimum Gasteiger partial charge on any atom is -0.464 e. The number of anilines is 1. The van der Waals surface area contributed by atoms with Crippen LogP contribution in [0.1, 0.15) is 11.1 Å². The van der Waals surface area contributed by atoms with E-state index in [0.717, 1.165) is 5.69 Å². The van der Waals surface area contributed by atoms with Crippen LogP contribution in [0.5, 0.6) is 0 Å².